The van der Waals surface area contributed by atoms with Crippen molar-refractivity contribution in [2.75, 3.05) is 0 Å². The second kappa shape index (κ2) is 6.69. The first-order valence-corrected chi connectivity index (χ1v) is 7.34. The molecule has 3 rings (SSSR count). The molecule has 3 aromatic heterocycles. The van der Waals surface area contributed by atoms with Gasteiger partial charge in [0.25, 0.3) is 11.4 Å². The summed E-state index contributed by atoms with van der Waals surface area (Å²) in [6.07, 6.45) is -0.487. The molecule has 0 atom stereocenters. The highest BCUT2D eigenvalue weighted by Crippen LogP contribution is 2.22. The summed E-state index contributed by atoms with van der Waals surface area (Å²) in [5.74, 6) is -0.879. The van der Waals surface area contributed by atoms with Crippen LogP contribution in [-0.2, 0) is 13.0 Å². The summed E-state index contributed by atoms with van der Waals surface area (Å²) < 4.78 is 31.3. The van der Waals surface area contributed by atoms with E-state index in [1.54, 1.807) is 12.3 Å². The van der Waals surface area contributed by atoms with Gasteiger partial charge in [0.15, 0.2) is 0 Å². The van der Waals surface area contributed by atoms with Crippen molar-refractivity contribution < 1.29 is 13.2 Å². The minimum atomic E-state index is -2.84. The minimum absolute atomic E-state index is 0.111. The highest BCUT2D eigenvalue weighted by atomic mass is 19.3. The van der Waals surface area contributed by atoms with Gasteiger partial charge in [-0.25, -0.2) is 0 Å². The van der Waals surface area contributed by atoms with E-state index in [0.29, 0.717) is 12.1 Å². The SMILES string of the molecule is CCc1cccc(Cn2ccc(-c3nnc(C(F)F)o3)cc2=O)n1. The summed E-state index contributed by atoms with van der Waals surface area (Å²) in [4.78, 5) is 16.7. The fourth-order valence-corrected chi connectivity index (χ4v) is 2.20. The predicted octanol–water partition coefficient (Wildman–Crippen LogP) is 2.84. The quantitative estimate of drug-likeness (QED) is 0.718. The van der Waals surface area contributed by atoms with E-state index in [2.05, 4.69) is 15.2 Å². The van der Waals surface area contributed by atoms with Crippen molar-refractivity contribution in [2.24, 2.45) is 0 Å². The Morgan fingerprint density at radius 3 is 2.67 bits per heavy atom. The number of alkyl halides is 2. The summed E-state index contributed by atoms with van der Waals surface area (Å²) in [7, 11) is 0. The van der Waals surface area contributed by atoms with E-state index in [1.807, 2.05) is 25.1 Å². The summed E-state index contributed by atoms with van der Waals surface area (Å²) >= 11 is 0. The Bertz CT molecular complexity index is 905. The van der Waals surface area contributed by atoms with Crippen LogP contribution in [0.2, 0.25) is 0 Å². The van der Waals surface area contributed by atoms with Gasteiger partial charge in [-0.3, -0.25) is 9.78 Å². The molecular weight excluding hydrogens is 318 g/mol. The standard InChI is InChI=1S/C16H14F2N4O2/c1-2-11-4-3-5-12(19-11)9-22-7-6-10(8-13(22)23)15-20-21-16(24-15)14(17)18/h3-8,14H,2,9H2,1H3. The molecule has 3 heterocycles. The topological polar surface area (TPSA) is 73.8 Å². The zero-order valence-corrected chi connectivity index (χ0v) is 12.8. The molecule has 0 N–H and O–H groups in total. The minimum Gasteiger partial charge on any atom is -0.415 e. The molecule has 0 spiro atoms. The van der Waals surface area contributed by atoms with Crippen molar-refractivity contribution in [1.82, 2.24) is 19.7 Å². The lowest BCUT2D eigenvalue weighted by Gasteiger charge is -2.06. The Kier molecular flexibility index (Phi) is 4.45. The van der Waals surface area contributed by atoms with Crippen molar-refractivity contribution in [1.29, 1.82) is 0 Å². The zero-order chi connectivity index (χ0) is 17.1. The van der Waals surface area contributed by atoms with Gasteiger partial charge in [-0.1, -0.05) is 13.0 Å². The highest BCUT2D eigenvalue weighted by Gasteiger charge is 2.17. The number of nitrogens with zero attached hydrogens (tertiary/aromatic N) is 4. The van der Waals surface area contributed by atoms with Crippen LogP contribution in [0, 0.1) is 0 Å². The maximum Gasteiger partial charge on any atom is 0.314 e. The molecule has 8 heteroatoms. The van der Waals surface area contributed by atoms with Crippen LogP contribution in [0.1, 0.15) is 30.6 Å². The van der Waals surface area contributed by atoms with Gasteiger partial charge >= 0.3 is 6.43 Å². The van der Waals surface area contributed by atoms with Crippen LogP contribution in [0.5, 0.6) is 0 Å². The van der Waals surface area contributed by atoms with Gasteiger partial charge < -0.3 is 8.98 Å². The normalized spacial score (nSPS) is 11.2. The molecule has 0 saturated carbocycles. The Morgan fingerprint density at radius 2 is 2.00 bits per heavy atom. The number of hydrogen-bond donors (Lipinski definition) is 0. The average molecular weight is 332 g/mol. The van der Waals surface area contributed by atoms with E-state index in [1.165, 1.54) is 10.6 Å². The number of rotatable bonds is 5. The Labute approximate surface area is 135 Å². The molecule has 6 nitrogen and oxygen atoms in total. The largest absolute Gasteiger partial charge is 0.415 e. The zero-order valence-electron chi connectivity index (χ0n) is 12.8. The lowest BCUT2D eigenvalue weighted by Crippen LogP contribution is -2.19. The molecule has 124 valence electrons. The van der Waals surface area contributed by atoms with E-state index >= 15 is 0 Å². The van der Waals surface area contributed by atoms with Crippen molar-refractivity contribution >= 4 is 0 Å². The van der Waals surface area contributed by atoms with Crippen molar-refractivity contribution in [3.05, 3.63) is 64.2 Å². The third-order valence-electron chi connectivity index (χ3n) is 3.43. The lowest BCUT2D eigenvalue weighted by atomic mass is 10.2. The van der Waals surface area contributed by atoms with Gasteiger partial charge in [-0.05, 0) is 24.6 Å². The molecule has 0 fully saturated rings. The Morgan fingerprint density at radius 1 is 1.21 bits per heavy atom. The predicted molar refractivity (Wildman–Crippen MR) is 81.7 cm³/mol. The number of aromatic nitrogens is 4. The second-order valence-electron chi connectivity index (χ2n) is 5.10. The van der Waals surface area contributed by atoms with Crippen molar-refractivity contribution in [3.8, 4) is 11.5 Å². The molecule has 3 aromatic rings. The highest BCUT2D eigenvalue weighted by molar-refractivity contribution is 5.51. The van der Waals surface area contributed by atoms with Gasteiger partial charge in [0.1, 0.15) is 0 Å². The smallest absolute Gasteiger partial charge is 0.314 e. The van der Waals surface area contributed by atoms with Crippen molar-refractivity contribution in [2.45, 2.75) is 26.3 Å². The summed E-state index contributed by atoms with van der Waals surface area (Å²) in [5.41, 5.74) is 1.70. The Hall–Kier alpha value is -2.90. The molecule has 0 unspecified atom stereocenters. The first-order chi connectivity index (χ1) is 11.6. The molecule has 0 amide bonds. The number of hydrogen-bond acceptors (Lipinski definition) is 5. The number of pyridine rings is 2. The number of aryl methyl sites for hydroxylation is 1. The molecule has 0 saturated heterocycles. The molecule has 0 radical (unpaired) electrons. The van der Waals surface area contributed by atoms with Crippen LogP contribution in [0.25, 0.3) is 11.5 Å². The average Bonchev–Trinajstić information content (AvgIpc) is 3.07. The molecule has 0 aliphatic rings. The fraction of sp³-hybridized carbons (Fsp3) is 0.250. The molecule has 0 aromatic carbocycles. The maximum atomic E-state index is 12.5. The van der Waals surface area contributed by atoms with E-state index in [9.17, 15) is 13.6 Å². The summed E-state index contributed by atoms with van der Waals surface area (Å²) in [6, 6.07) is 8.49. The van der Waals surface area contributed by atoms with Gasteiger partial charge in [0.05, 0.1) is 12.2 Å². The molecule has 0 aliphatic heterocycles. The first kappa shape index (κ1) is 16.0. The van der Waals surface area contributed by atoms with Crippen LogP contribution >= 0.6 is 0 Å². The lowest BCUT2D eigenvalue weighted by molar-refractivity contribution is 0.116. The van der Waals surface area contributed by atoms with E-state index in [-0.39, 0.29) is 11.4 Å². The monoisotopic (exact) mass is 332 g/mol. The van der Waals surface area contributed by atoms with E-state index in [4.69, 9.17) is 4.42 Å². The number of halogens is 2. The van der Waals surface area contributed by atoms with Crippen molar-refractivity contribution in [3.63, 3.8) is 0 Å². The maximum absolute atomic E-state index is 12.5. The first-order valence-electron chi connectivity index (χ1n) is 7.34. The fourth-order valence-electron chi connectivity index (χ4n) is 2.20. The van der Waals surface area contributed by atoms with Gasteiger partial charge in [0, 0.05) is 23.5 Å². The summed E-state index contributed by atoms with van der Waals surface area (Å²) in [6.45, 7) is 2.32. The van der Waals surface area contributed by atoms with Crippen LogP contribution < -0.4 is 5.56 Å². The van der Waals surface area contributed by atoms with Gasteiger partial charge in [0.2, 0.25) is 5.89 Å². The second-order valence-corrected chi connectivity index (χ2v) is 5.10. The Balaban J connectivity index is 1.85. The van der Waals surface area contributed by atoms with E-state index < -0.39 is 12.3 Å². The van der Waals surface area contributed by atoms with Crippen LogP contribution in [0.4, 0.5) is 8.78 Å². The molecule has 0 aliphatic carbocycles. The van der Waals surface area contributed by atoms with Gasteiger partial charge in [-0.2, -0.15) is 8.78 Å². The van der Waals surface area contributed by atoms with Crippen LogP contribution in [0.3, 0.4) is 0 Å². The van der Waals surface area contributed by atoms with Crippen LogP contribution in [-0.4, -0.2) is 19.7 Å². The van der Waals surface area contributed by atoms with Crippen LogP contribution in [0.15, 0.2) is 45.7 Å². The van der Waals surface area contributed by atoms with E-state index in [0.717, 1.165) is 17.8 Å². The third-order valence-corrected chi connectivity index (χ3v) is 3.43. The third kappa shape index (κ3) is 3.37. The molecular formula is C16H14F2N4O2. The molecule has 24 heavy (non-hydrogen) atoms. The summed E-state index contributed by atoms with van der Waals surface area (Å²) in [5, 5.41) is 6.77. The van der Waals surface area contributed by atoms with Gasteiger partial charge in [-0.15, -0.1) is 10.2 Å². The molecule has 0 bridgehead atoms.